The number of aromatic nitrogens is 4. The van der Waals surface area contributed by atoms with Crippen LogP contribution in [-0.4, -0.2) is 39.8 Å². The Morgan fingerprint density at radius 3 is 2.52 bits per heavy atom. The van der Waals surface area contributed by atoms with E-state index in [9.17, 15) is 4.79 Å². The normalized spacial score (nSPS) is 10.5. The first-order valence-corrected chi connectivity index (χ1v) is 6.45. The standard InChI is InChI=1S/C14H18N4O3/c1-8-10(9(2)18(3)17-8)6-11(19)13-14(21-5)16-12(20-4)7-15-13/h7H,6H2,1-5H3. The summed E-state index contributed by atoms with van der Waals surface area (Å²) in [7, 11) is 4.78. The van der Waals surface area contributed by atoms with Gasteiger partial charge in [0.05, 0.1) is 26.1 Å². The fourth-order valence-corrected chi connectivity index (χ4v) is 2.11. The molecule has 0 aliphatic carbocycles. The molecule has 0 aliphatic heterocycles. The molecule has 2 rings (SSSR count). The van der Waals surface area contributed by atoms with Crippen molar-refractivity contribution in [3.8, 4) is 11.8 Å². The van der Waals surface area contributed by atoms with Gasteiger partial charge < -0.3 is 9.47 Å². The second kappa shape index (κ2) is 5.90. The molecule has 0 saturated heterocycles. The molecule has 0 bridgehead atoms. The molecule has 21 heavy (non-hydrogen) atoms. The van der Waals surface area contributed by atoms with Gasteiger partial charge in [0.25, 0.3) is 0 Å². The van der Waals surface area contributed by atoms with Crippen molar-refractivity contribution in [2.24, 2.45) is 7.05 Å². The van der Waals surface area contributed by atoms with Crippen molar-refractivity contribution in [3.63, 3.8) is 0 Å². The first-order valence-electron chi connectivity index (χ1n) is 6.45. The van der Waals surface area contributed by atoms with E-state index in [0.717, 1.165) is 17.0 Å². The van der Waals surface area contributed by atoms with Gasteiger partial charge in [-0.15, -0.1) is 0 Å². The molecule has 0 radical (unpaired) electrons. The molecule has 7 heteroatoms. The third-order valence-corrected chi connectivity index (χ3v) is 3.38. The summed E-state index contributed by atoms with van der Waals surface area (Å²) in [6.07, 6.45) is 1.61. The molecule has 2 aromatic heterocycles. The van der Waals surface area contributed by atoms with Crippen LogP contribution in [0.1, 0.15) is 27.4 Å². The average Bonchev–Trinajstić information content (AvgIpc) is 2.72. The van der Waals surface area contributed by atoms with E-state index in [0.29, 0.717) is 5.88 Å². The lowest BCUT2D eigenvalue weighted by molar-refractivity contribution is 0.0983. The lowest BCUT2D eigenvalue weighted by atomic mass is 10.1. The third-order valence-electron chi connectivity index (χ3n) is 3.38. The summed E-state index contributed by atoms with van der Waals surface area (Å²) in [5.41, 5.74) is 2.90. The maximum absolute atomic E-state index is 12.4. The second-order valence-electron chi connectivity index (χ2n) is 4.64. The Bertz CT molecular complexity index is 679. The highest BCUT2D eigenvalue weighted by molar-refractivity contribution is 5.97. The van der Waals surface area contributed by atoms with Crippen LogP contribution in [0, 0.1) is 13.8 Å². The summed E-state index contributed by atoms with van der Waals surface area (Å²) in [5, 5.41) is 4.30. The Hall–Kier alpha value is -2.44. The molecule has 112 valence electrons. The number of carbonyl (C=O) groups excluding carboxylic acids is 1. The minimum Gasteiger partial charge on any atom is -0.480 e. The minimum absolute atomic E-state index is 0.165. The number of aryl methyl sites for hydroxylation is 2. The Labute approximate surface area is 122 Å². The Morgan fingerprint density at radius 2 is 2.00 bits per heavy atom. The number of nitrogens with zero attached hydrogens (tertiary/aromatic N) is 4. The molecule has 0 saturated carbocycles. The first kappa shape index (κ1) is 15.0. The number of rotatable bonds is 5. The average molecular weight is 290 g/mol. The lowest BCUT2D eigenvalue weighted by Gasteiger charge is -2.07. The van der Waals surface area contributed by atoms with Crippen LogP contribution in [0.15, 0.2) is 6.20 Å². The first-order chi connectivity index (χ1) is 9.97. The monoisotopic (exact) mass is 290 g/mol. The van der Waals surface area contributed by atoms with Crippen LogP contribution < -0.4 is 9.47 Å². The highest BCUT2D eigenvalue weighted by Crippen LogP contribution is 2.20. The van der Waals surface area contributed by atoms with Gasteiger partial charge in [-0.05, 0) is 13.8 Å². The summed E-state index contributed by atoms with van der Waals surface area (Å²) < 4.78 is 11.8. The van der Waals surface area contributed by atoms with Crippen molar-refractivity contribution in [2.75, 3.05) is 14.2 Å². The van der Waals surface area contributed by atoms with Gasteiger partial charge in [-0.25, -0.2) is 4.98 Å². The quantitative estimate of drug-likeness (QED) is 0.772. The predicted molar refractivity (Wildman–Crippen MR) is 75.9 cm³/mol. The lowest BCUT2D eigenvalue weighted by Crippen LogP contribution is -2.11. The Morgan fingerprint density at radius 1 is 1.29 bits per heavy atom. The van der Waals surface area contributed by atoms with Gasteiger partial charge in [-0.2, -0.15) is 10.1 Å². The van der Waals surface area contributed by atoms with Crippen LogP contribution in [0.3, 0.4) is 0 Å². The number of ether oxygens (including phenoxy) is 2. The van der Waals surface area contributed by atoms with E-state index in [4.69, 9.17) is 9.47 Å². The molecule has 0 aromatic carbocycles. The number of methoxy groups -OCH3 is 2. The summed E-state index contributed by atoms with van der Waals surface area (Å²) in [5.74, 6) is 0.303. The molecular formula is C14H18N4O3. The van der Waals surface area contributed by atoms with Gasteiger partial charge in [0, 0.05) is 24.7 Å². The van der Waals surface area contributed by atoms with Crippen LogP contribution in [0.25, 0.3) is 0 Å². The van der Waals surface area contributed by atoms with Gasteiger partial charge >= 0.3 is 0 Å². The third kappa shape index (κ3) is 2.86. The van der Waals surface area contributed by atoms with Crippen molar-refractivity contribution < 1.29 is 14.3 Å². The molecule has 2 heterocycles. The van der Waals surface area contributed by atoms with Crippen molar-refractivity contribution in [1.82, 2.24) is 19.7 Å². The molecule has 0 fully saturated rings. The smallest absolute Gasteiger partial charge is 0.246 e. The molecule has 0 amide bonds. The van der Waals surface area contributed by atoms with Crippen LogP contribution in [0.2, 0.25) is 0 Å². The van der Waals surface area contributed by atoms with Gasteiger partial charge in [-0.3, -0.25) is 9.48 Å². The topological polar surface area (TPSA) is 79.1 Å². The largest absolute Gasteiger partial charge is 0.480 e. The molecule has 7 nitrogen and oxygen atoms in total. The number of hydrogen-bond donors (Lipinski definition) is 0. The van der Waals surface area contributed by atoms with Crippen molar-refractivity contribution in [3.05, 3.63) is 28.8 Å². The number of carbonyl (C=O) groups is 1. The second-order valence-corrected chi connectivity index (χ2v) is 4.64. The molecule has 0 unspecified atom stereocenters. The van der Waals surface area contributed by atoms with Crippen LogP contribution in [0.4, 0.5) is 0 Å². The van der Waals surface area contributed by atoms with Gasteiger partial charge in [0.1, 0.15) is 0 Å². The van der Waals surface area contributed by atoms with Crippen LogP contribution >= 0.6 is 0 Å². The molecule has 0 N–H and O–H groups in total. The van der Waals surface area contributed by atoms with Crippen molar-refractivity contribution >= 4 is 5.78 Å². The van der Waals surface area contributed by atoms with E-state index >= 15 is 0 Å². The molecular weight excluding hydrogens is 272 g/mol. The summed E-state index contributed by atoms with van der Waals surface area (Å²) in [4.78, 5) is 20.6. The number of Topliss-reactive ketones (excluding diaryl/α,β-unsaturated/α-hetero) is 1. The highest BCUT2D eigenvalue weighted by Gasteiger charge is 2.20. The maximum Gasteiger partial charge on any atom is 0.246 e. The van der Waals surface area contributed by atoms with Gasteiger partial charge in [0.15, 0.2) is 11.5 Å². The van der Waals surface area contributed by atoms with Crippen molar-refractivity contribution in [2.45, 2.75) is 20.3 Å². The Kier molecular flexibility index (Phi) is 4.21. The highest BCUT2D eigenvalue weighted by atomic mass is 16.5. The molecule has 0 atom stereocenters. The molecule has 2 aromatic rings. The zero-order chi connectivity index (χ0) is 15.6. The predicted octanol–water partition coefficient (Wildman–Crippen LogP) is 1.27. The van der Waals surface area contributed by atoms with E-state index < -0.39 is 0 Å². The summed E-state index contributed by atoms with van der Waals surface area (Å²) in [6.45, 7) is 3.81. The van der Waals surface area contributed by atoms with Gasteiger partial charge in [-0.1, -0.05) is 0 Å². The van der Waals surface area contributed by atoms with E-state index in [1.807, 2.05) is 20.9 Å². The number of hydrogen-bond acceptors (Lipinski definition) is 6. The van der Waals surface area contributed by atoms with E-state index in [1.165, 1.54) is 20.4 Å². The fraction of sp³-hybridized carbons (Fsp3) is 0.429. The molecule has 0 aliphatic rings. The zero-order valence-electron chi connectivity index (χ0n) is 12.8. The fourth-order valence-electron chi connectivity index (χ4n) is 2.11. The van der Waals surface area contributed by atoms with Crippen molar-refractivity contribution in [1.29, 1.82) is 0 Å². The van der Waals surface area contributed by atoms with Crippen LogP contribution in [-0.2, 0) is 13.5 Å². The maximum atomic E-state index is 12.4. The molecule has 0 spiro atoms. The summed E-state index contributed by atoms with van der Waals surface area (Å²) in [6, 6.07) is 0. The SMILES string of the molecule is COc1cnc(C(=O)Cc2c(C)nn(C)c2C)c(OC)n1. The number of ketones is 1. The Balaban J connectivity index is 2.32. The van der Waals surface area contributed by atoms with Gasteiger partial charge in [0.2, 0.25) is 11.8 Å². The minimum atomic E-state index is -0.166. The van der Waals surface area contributed by atoms with E-state index in [2.05, 4.69) is 15.1 Å². The zero-order valence-corrected chi connectivity index (χ0v) is 12.8. The summed E-state index contributed by atoms with van der Waals surface area (Å²) >= 11 is 0. The van der Waals surface area contributed by atoms with Crippen LogP contribution in [0.5, 0.6) is 11.8 Å². The van der Waals surface area contributed by atoms with E-state index in [-0.39, 0.29) is 23.8 Å². The van der Waals surface area contributed by atoms with E-state index in [1.54, 1.807) is 4.68 Å².